The van der Waals surface area contributed by atoms with Gasteiger partial charge in [0.05, 0.1) is 51.9 Å². The first-order valence-corrected chi connectivity index (χ1v) is 12.7. The summed E-state index contributed by atoms with van der Waals surface area (Å²) in [6.45, 7) is 2.90. The van der Waals surface area contributed by atoms with Crippen LogP contribution in [0.1, 0.15) is 17.3 Å². The minimum absolute atomic E-state index is 0.0425. The van der Waals surface area contributed by atoms with Crippen LogP contribution in [0.3, 0.4) is 0 Å². The number of carbonyl (C=O) groups is 1. The summed E-state index contributed by atoms with van der Waals surface area (Å²) in [6.07, 6.45) is -8.74. The second-order valence-electron chi connectivity index (χ2n) is 8.85. The first kappa shape index (κ1) is 31.2. The van der Waals surface area contributed by atoms with Gasteiger partial charge >= 0.3 is 0 Å². The molecule has 3 rings (SSSR count). The maximum Gasteiger partial charge on any atom is 0.251 e. The van der Waals surface area contributed by atoms with Gasteiger partial charge < -0.3 is 65.0 Å². The van der Waals surface area contributed by atoms with Crippen LogP contribution in [0.4, 0.5) is 5.69 Å². The van der Waals surface area contributed by atoms with E-state index in [4.69, 9.17) is 28.8 Å². The van der Waals surface area contributed by atoms with E-state index in [0.29, 0.717) is 29.3 Å². The molecule has 39 heavy (non-hydrogen) atoms. The Morgan fingerprint density at radius 1 is 0.897 bits per heavy atom. The lowest BCUT2D eigenvalue weighted by Crippen LogP contribution is -2.59. The van der Waals surface area contributed by atoms with Crippen LogP contribution < -0.4 is 10.6 Å². The minimum Gasteiger partial charge on any atom is -0.493 e. The summed E-state index contributed by atoms with van der Waals surface area (Å²) in [7, 11) is 0. The molecule has 8 N–H and O–H groups in total. The quantitative estimate of drug-likeness (QED) is 0.100. The number of benzene rings is 1. The Hall–Kier alpha value is -2.37. The van der Waals surface area contributed by atoms with E-state index >= 15 is 0 Å². The normalized spacial score (nSPS) is 28.6. The Morgan fingerprint density at radius 2 is 1.56 bits per heavy atom. The molecule has 1 heterocycles. The van der Waals surface area contributed by atoms with Crippen molar-refractivity contribution in [1.29, 1.82) is 0 Å². The van der Waals surface area contributed by atoms with Gasteiger partial charge in [-0.15, -0.1) is 0 Å². The smallest absolute Gasteiger partial charge is 0.251 e. The average Bonchev–Trinajstić information content (AvgIpc) is 2.95. The first-order chi connectivity index (χ1) is 18.8. The van der Waals surface area contributed by atoms with Gasteiger partial charge in [0.15, 0.2) is 6.29 Å². The Labute approximate surface area is 225 Å². The van der Waals surface area contributed by atoms with Crippen molar-refractivity contribution in [1.82, 2.24) is 5.32 Å². The maximum atomic E-state index is 12.3. The van der Waals surface area contributed by atoms with Crippen LogP contribution in [-0.2, 0) is 23.7 Å². The average molecular weight is 559 g/mol. The van der Waals surface area contributed by atoms with Crippen molar-refractivity contribution in [3.05, 3.63) is 41.3 Å². The van der Waals surface area contributed by atoms with Crippen molar-refractivity contribution >= 4 is 11.6 Å². The molecule has 0 aromatic heterocycles. The zero-order valence-corrected chi connectivity index (χ0v) is 21.6. The summed E-state index contributed by atoms with van der Waals surface area (Å²) in [4.78, 5) is 12.3. The first-order valence-electron chi connectivity index (χ1n) is 12.7. The fourth-order valence-corrected chi connectivity index (χ4v) is 3.91. The van der Waals surface area contributed by atoms with Gasteiger partial charge in [0.25, 0.3) is 5.91 Å². The van der Waals surface area contributed by atoms with Crippen molar-refractivity contribution in [2.24, 2.45) is 0 Å². The topological polar surface area (TPSA) is 209 Å². The monoisotopic (exact) mass is 558 g/mol. The zero-order valence-electron chi connectivity index (χ0n) is 21.6. The number of amides is 1. The molecule has 1 aromatic rings. The number of aliphatic hydroxyl groups is 6. The van der Waals surface area contributed by atoms with Crippen LogP contribution in [0.2, 0.25) is 0 Å². The highest BCUT2D eigenvalue weighted by Crippen LogP contribution is 2.31. The molecule has 0 bridgehead atoms. The van der Waals surface area contributed by atoms with Gasteiger partial charge in [-0.3, -0.25) is 4.79 Å². The Kier molecular flexibility index (Phi) is 12.3. The number of nitrogens with one attached hydrogen (secondary N) is 2. The number of ether oxygens (including phenoxy) is 5. The van der Waals surface area contributed by atoms with Crippen LogP contribution in [0, 0.1) is 0 Å². The van der Waals surface area contributed by atoms with Crippen molar-refractivity contribution in [2.45, 2.75) is 49.8 Å². The lowest BCUT2D eigenvalue weighted by Gasteiger charge is -2.39. The third kappa shape index (κ3) is 8.31. The van der Waals surface area contributed by atoms with Gasteiger partial charge in [-0.1, -0.05) is 0 Å². The molecule has 1 aliphatic carbocycles. The summed E-state index contributed by atoms with van der Waals surface area (Å²) in [6, 6.07) is 6.61. The van der Waals surface area contributed by atoms with E-state index < -0.39 is 49.5 Å². The molecular formula is C25H38N2O12. The van der Waals surface area contributed by atoms with Crippen LogP contribution in [-0.4, -0.2) is 132 Å². The van der Waals surface area contributed by atoms with Crippen molar-refractivity contribution in [3.8, 4) is 0 Å². The number of anilines is 1. The highest BCUT2D eigenvalue weighted by Gasteiger charge is 2.44. The van der Waals surface area contributed by atoms with E-state index in [-0.39, 0.29) is 45.5 Å². The molecule has 14 heteroatoms. The van der Waals surface area contributed by atoms with E-state index in [2.05, 4.69) is 10.6 Å². The standard InChI is InChI=1S/C25H38N2O12/c1-2-37-23-17(19(30)21(23)32)27-15-5-3-14(4-6-15)24(34)26-7-8-35-9-10-36-11-12-38-25-22(33)20(31)18(29)16(13-28)39-25/h3-6,16,18-22,25,27-33H,2,7-13H2,1H3,(H,26,34)/t16-,18-,19?,20+,21?,22+,25?/m1/s1. The minimum atomic E-state index is -1.50. The lowest BCUT2D eigenvalue weighted by atomic mass is 9.95. The molecule has 3 unspecified atom stereocenters. The predicted octanol–water partition coefficient (Wildman–Crippen LogP) is -2.34. The Bertz CT molecular complexity index is 928. The molecule has 1 fully saturated rings. The van der Waals surface area contributed by atoms with E-state index in [9.17, 15) is 30.3 Å². The van der Waals surface area contributed by atoms with Crippen LogP contribution in [0.25, 0.3) is 0 Å². The second-order valence-corrected chi connectivity index (χ2v) is 8.85. The molecule has 1 aromatic carbocycles. The summed E-state index contributed by atoms with van der Waals surface area (Å²) >= 11 is 0. The highest BCUT2D eigenvalue weighted by atomic mass is 16.7. The molecule has 7 atom stereocenters. The van der Waals surface area contributed by atoms with E-state index in [0.717, 1.165) is 0 Å². The van der Waals surface area contributed by atoms with Crippen LogP contribution in [0.5, 0.6) is 0 Å². The van der Waals surface area contributed by atoms with Gasteiger partial charge in [0.2, 0.25) is 0 Å². The highest BCUT2D eigenvalue weighted by molar-refractivity contribution is 5.94. The van der Waals surface area contributed by atoms with Crippen LogP contribution >= 0.6 is 0 Å². The predicted molar refractivity (Wildman–Crippen MR) is 134 cm³/mol. The second kappa shape index (κ2) is 15.4. The molecule has 2 aliphatic rings. The molecule has 0 radical (unpaired) electrons. The maximum absolute atomic E-state index is 12.3. The lowest BCUT2D eigenvalue weighted by molar-refractivity contribution is -0.302. The van der Waals surface area contributed by atoms with Crippen molar-refractivity contribution < 1.29 is 59.1 Å². The van der Waals surface area contributed by atoms with E-state index in [1.807, 2.05) is 0 Å². The largest absolute Gasteiger partial charge is 0.493 e. The van der Waals surface area contributed by atoms with Crippen molar-refractivity contribution in [3.63, 3.8) is 0 Å². The molecule has 14 nitrogen and oxygen atoms in total. The van der Waals surface area contributed by atoms with Gasteiger partial charge in [0.1, 0.15) is 42.4 Å². The third-order valence-corrected chi connectivity index (χ3v) is 6.12. The molecule has 0 spiro atoms. The molecule has 1 saturated heterocycles. The zero-order chi connectivity index (χ0) is 28.4. The number of hydrogen-bond acceptors (Lipinski definition) is 13. The molecule has 220 valence electrons. The number of hydrogen-bond donors (Lipinski definition) is 8. The molecule has 1 amide bonds. The number of rotatable bonds is 16. The summed E-state index contributed by atoms with van der Waals surface area (Å²) in [5.74, 6) is 0.0266. The van der Waals surface area contributed by atoms with Gasteiger partial charge in [-0.25, -0.2) is 0 Å². The van der Waals surface area contributed by atoms with Crippen LogP contribution in [0.15, 0.2) is 35.7 Å². The van der Waals surface area contributed by atoms with Gasteiger partial charge in [0, 0.05) is 17.8 Å². The van der Waals surface area contributed by atoms with Gasteiger partial charge in [-0.2, -0.15) is 0 Å². The molecular weight excluding hydrogens is 520 g/mol. The molecule has 1 aliphatic heterocycles. The number of aliphatic hydroxyl groups excluding tert-OH is 6. The van der Waals surface area contributed by atoms with E-state index in [1.165, 1.54) is 0 Å². The van der Waals surface area contributed by atoms with E-state index in [1.54, 1.807) is 31.2 Å². The Morgan fingerprint density at radius 3 is 2.23 bits per heavy atom. The molecule has 0 saturated carbocycles. The fourth-order valence-electron chi connectivity index (χ4n) is 3.91. The Balaban J connectivity index is 1.24. The number of carbonyl (C=O) groups excluding carboxylic acids is 1. The summed E-state index contributed by atoms with van der Waals surface area (Å²) in [5.41, 5.74) is 1.46. The van der Waals surface area contributed by atoms with Crippen molar-refractivity contribution in [2.75, 3.05) is 58.1 Å². The summed E-state index contributed by atoms with van der Waals surface area (Å²) in [5, 5.41) is 63.9. The SMILES string of the molecule is CCOC1=C(Nc2ccc(C(=O)NCCOCCOCCOC3O[C@H](CO)[C@@H](O)[C@H](O)[C@@H]3O)cc2)C(O)C1O. The summed E-state index contributed by atoms with van der Waals surface area (Å²) < 4.78 is 26.6. The third-order valence-electron chi connectivity index (χ3n) is 6.12. The fraction of sp³-hybridized carbons (Fsp3) is 0.640. The van der Waals surface area contributed by atoms with Gasteiger partial charge in [-0.05, 0) is 31.2 Å².